The van der Waals surface area contributed by atoms with Crippen LogP contribution in [0, 0.1) is 0 Å². The Labute approximate surface area is 88.8 Å². The fourth-order valence-electron chi connectivity index (χ4n) is 1.08. The summed E-state index contributed by atoms with van der Waals surface area (Å²) in [6.45, 7) is 3.62. The SMILES string of the molecule is CCC(=O)OC(C)c1ccc(Cl)cc1. The summed E-state index contributed by atoms with van der Waals surface area (Å²) in [7, 11) is 0. The van der Waals surface area contributed by atoms with E-state index in [1.807, 2.05) is 19.1 Å². The summed E-state index contributed by atoms with van der Waals surface area (Å²) in [4.78, 5) is 11.0. The van der Waals surface area contributed by atoms with Gasteiger partial charge in [-0.25, -0.2) is 0 Å². The minimum atomic E-state index is -0.209. The van der Waals surface area contributed by atoms with Crippen LogP contribution in [-0.4, -0.2) is 5.97 Å². The maximum Gasteiger partial charge on any atom is 0.306 e. The van der Waals surface area contributed by atoms with Crippen LogP contribution in [0.5, 0.6) is 0 Å². The first-order chi connectivity index (χ1) is 6.63. The third kappa shape index (κ3) is 3.04. The third-order valence-corrected chi connectivity index (χ3v) is 2.19. The molecule has 0 aromatic heterocycles. The molecule has 0 amide bonds. The molecule has 0 saturated heterocycles. The highest BCUT2D eigenvalue weighted by molar-refractivity contribution is 6.30. The molecule has 3 heteroatoms. The Balaban J connectivity index is 2.65. The van der Waals surface area contributed by atoms with Crippen molar-refractivity contribution in [2.24, 2.45) is 0 Å². The number of halogens is 1. The van der Waals surface area contributed by atoms with Gasteiger partial charge in [-0.1, -0.05) is 30.7 Å². The molecule has 1 atom stereocenters. The number of hydrogen-bond acceptors (Lipinski definition) is 2. The van der Waals surface area contributed by atoms with Crippen molar-refractivity contribution in [2.45, 2.75) is 26.4 Å². The van der Waals surface area contributed by atoms with E-state index in [2.05, 4.69) is 0 Å². The van der Waals surface area contributed by atoms with Crippen molar-refractivity contribution in [2.75, 3.05) is 0 Å². The quantitative estimate of drug-likeness (QED) is 0.719. The lowest BCUT2D eigenvalue weighted by Gasteiger charge is -2.12. The van der Waals surface area contributed by atoms with Crippen LogP contribution in [0.2, 0.25) is 5.02 Å². The van der Waals surface area contributed by atoms with Gasteiger partial charge in [-0.15, -0.1) is 0 Å². The maximum absolute atomic E-state index is 11.0. The summed E-state index contributed by atoms with van der Waals surface area (Å²) in [5, 5.41) is 0.683. The Morgan fingerprint density at radius 3 is 2.50 bits per heavy atom. The molecule has 2 nitrogen and oxygen atoms in total. The zero-order valence-electron chi connectivity index (χ0n) is 8.29. The van der Waals surface area contributed by atoms with Crippen LogP contribution in [0.15, 0.2) is 24.3 Å². The van der Waals surface area contributed by atoms with Crippen molar-refractivity contribution < 1.29 is 9.53 Å². The van der Waals surface area contributed by atoms with E-state index in [1.54, 1.807) is 19.1 Å². The lowest BCUT2D eigenvalue weighted by atomic mass is 10.1. The van der Waals surface area contributed by atoms with E-state index in [0.29, 0.717) is 11.4 Å². The topological polar surface area (TPSA) is 26.3 Å². The first kappa shape index (κ1) is 11.1. The molecule has 0 radical (unpaired) electrons. The van der Waals surface area contributed by atoms with Crippen LogP contribution in [0.4, 0.5) is 0 Å². The van der Waals surface area contributed by atoms with Crippen molar-refractivity contribution in [1.82, 2.24) is 0 Å². The molecule has 0 aliphatic carbocycles. The van der Waals surface area contributed by atoms with Crippen molar-refractivity contribution in [1.29, 1.82) is 0 Å². The van der Waals surface area contributed by atoms with Gasteiger partial charge >= 0.3 is 5.97 Å². The van der Waals surface area contributed by atoms with Crippen molar-refractivity contribution >= 4 is 17.6 Å². The monoisotopic (exact) mass is 212 g/mol. The molecule has 0 saturated carbocycles. The van der Waals surface area contributed by atoms with E-state index in [-0.39, 0.29) is 12.1 Å². The minimum absolute atomic E-state index is 0.188. The first-order valence-electron chi connectivity index (χ1n) is 4.58. The molecule has 0 aliphatic rings. The van der Waals surface area contributed by atoms with E-state index in [0.717, 1.165) is 5.56 Å². The second-order valence-electron chi connectivity index (χ2n) is 3.04. The molecule has 0 fully saturated rings. The Hall–Kier alpha value is -1.02. The number of ether oxygens (including phenoxy) is 1. The van der Waals surface area contributed by atoms with E-state index >= 15 is 0 Å². The predicted octanol–water partition coefficient (Wildman–Crippen LogP) is 3.35. The number of carbonyl (C=O) groups is 1. The Morgan fingerprint density at radius 2 is 2.00 bits per heavy atom. The van der Waals surface area contributed by atoms with Crippen LogP contribution < -0.4 is 0 Å². The lowest BCUT2D eigenvalue weighted by molar-refractivity contribution is -0.148. The van der Waals surface area contributed by atoms with Gasteiger partial charge in [-0.3, -0.25) is 4.79 Å². The molecule has 1 aromatic rings. The van der Waals surface area contributed by atoms with Gasteiger partial charge in [-0.2, -0.15) is 0 Å². The van der Waals surface area contributed by atoms with Crippen molar-refractivity contribution in [3.05, 3.63) is 34.9 Å². The Morgan fingerprint density at radius 1 is 1.43 bits per heavy atom. The van der Waals surface area contributed by atoms with Crippen LogP contribution in [-0.2, 0) is 9.53 Å². The number of esters is 1. The molecule has 1 rings (SSSR count). The maximum atomic E-state index is 11.0. The van der Waals surface area contributed by atoms with Gasteiger partial charge in [0.05, 0.1) is 0 Å². The molecule has 14 heavy (non-hydrogen) atoms. The number of rotatable bonds is 3. The Kier molecular flexibility index (Phi) is 3.96. The average Bonchev–Trinajstić information content (AvgIpc) is 2.18. The molecule has 0 heterocycles. The molecular weight excluding hydrogens is 200 g/mol. The van der Waals surface area contributed by atoms with Crippen LogP contribution in [0.25, 0.3) is 0 Å². The number of hydrogen-bond donors (Lipinski definition) is 0. The summed E-state index contributed by atoms with van der Waals surface area (Å²) < 4.78 is 5.14. The van der Waals surface area contributed by atoms with E-state index in [1.165, 1.54) is 0 Å². The van der Waals surface area contributed by atoms with Gasteiger partial charge in [0.1, 0.15) is 6.10 Å². The second-order valence-corrected chi connectivity index (χ2v) is 3.47. The molecule has 0 bridgehead atoms. The summed E-state index contributed by atoms with van der Waals surface area (Å²) in [6.07, 6.45) is 0.192. The van der Waals surface area contributed by atoms with Crippen LogP contribution in [0.1, 0.15) is 31.9 Å². The zero-order valence-corrected chi connectivity index (χ0v) is 9.04. The molecular formula is C11H13ClO2. The van der Waals surface area contributed by atoms with Gasteiger partial charge in [0.15, 0.2) is 0 Å². The normalized spacial score (nSPS) is 12.2. The number of carbonyl (C=O) groups excluding carboxylic acids is 1. The van der Waals surface area contributed by atoms with E-state index < -0.39 is 0 Å². The van der Waals surface area contributed by atoms with Gasteiger partial charge in [0.2, 0.25) is 0 Å². The largest absolute Gasteiger partial charge is 0.458 e. The standard InChI is InChI=1S/C11H13ClO2/c1-3-11(13)14-8(2)9-4-6-10(12)7-5-9/h4-8H,3H2,1-2H3. The predicted molar refractivity (Wildman–Crippen MR) is 56.3 cm³/mol. The van der Waals surface area contributed by atoms with Crippen LogP contribution in [0.3, 0.4) is 0 Å². The molecule has 0 N–H and O–H groups in total. The highest BCUT2D eigenvalue weighted by Crippen LogP contribution is 2.19. The average molecular weight is 213 g/mol. The minimum Gasteiger partial charge on any atom is -0.458 e. The van der Waals surface area contributed by atoms with Gasteiger partial charge < -0.3 is 4.74 Å². The second kappa shape index (κ2) is 5.01. The Bertz CT molecular complexity index is 306. The van der Waals surface area contributed by atoms with Gasteiger partial charge in [0, 0.05) is 11.4 Å². The summed E-state index contributed by atoms with van der Waals surface area (Å²) in [5.74, 6) is -0.188. The van der Waals surface area contributed by atoms with Gasteiger partial charge in [-0.05, 0) is 24.6 Å². The third-order valence-electron chi connectivity index (χ3n) is 1.94. The molecule has 0 spiro atoms. The molecule has 0 aliphatic heterocycles. The highest BCUT2D eigenvalue weighted by Gasteiger charge is 2.09. The fourth-order valence-corrected chi connectivity index (χ4v) is 1.21. The van der Waals surface area contributed by atoms with E-state index in [4.69, 9.17) is 16.3 Å². The zero-order chi connectivity index (χ0) is 10.6. The van der Waals surface area contributed by atoms with Crippen LogP contribution >= 0.6 is 11.6 Å². The van der Waals surface area contributed by atoms with Gasteiger partial charge in [0.25, 0.3) is 0 Å². The smallest absolute Gasteiger partial charge is 0.306 e. The lowest BCUT2D eigenvalue weighted by Crippen LogP contribution is -2.07. The first-order valence-corrected chi connectivity index (χ1v) is 4.96. The molecule has 76 valence electrons. The molecule has 1 aromatic carbocycles. The number of benzene rings is 1. The fraction of sp³-hybridized carbons (Fsp3) is 0.364. The van der Waals surface area contributed by atoms with Crippen molar-refractivity contribution in [3.63, 3.8) is 0 Å². The highest BCUT2D eigenvalue weighted by atomic mass is 35.5. The molecule has 1 unspecified atom stereocenters. The summed E-state index contributed by atoms with van der Waals surface area (Å²) in [6, 6.07) is 7.28. The van der Waals surface area contributed by atoms with E-state index in [9.17, 15) is 4.79 Å². The summed E-state index contributed by atoms with van der Waals surface area (Å²) >= 11 is 5.74. The summed E-state index contributed by atoms with van der Waals surface area (Å²) in [5.41, 5.74) is 0.955. The van der Waals surface area contributed by atoms with Crippen molar-refractivity contribution in [3.8, 4) is 0 Å².